The summed E-state index contributed by atoms with van der Waals surface area (Å²) in [7, 11) is 1.82. The van der Waals surface area contributed by atoms with Crippen molar-refractivity contribution in [2.24, 2.45) is 4.99 Å². The molecule has 0 amide bonds. The second kappa shape index (κ2) is 7.39. The Balaban J connectivity index is 1.74. The summed E-state index contributed by atoms with van der Waals surface area (Å²) in [4.78, 5) is 4.27. The van der Waals surface area contributed by atoms with Crippen molar-refractivity contribution in [1.29, 1.82) is 0 Å². The number of nitrogens with zero attached hydrogens (tertiary/aromatic N) is 1. The van der Waals surface area contributed by atoms with E-state index in [9.17, 15) is 0 Å². The Labute approximate surface area is 120 Å². The van der Waals surface area contributed by atoms with Gasteiger partial charge in [-0.1, -0.05) is 36.6 Å². The van der Waals surface area contributed by atoms with Crippen LogP contribution in [-0.4, -0.2) is 25.6 Å². The van der Waals surface area contributed by atoms with Gasteiger partial charge in [-0.15, -0.1) is 0 Å². The lowest BCUT2D eigenvalue weighted by atomic mass is 10.1. The molecule has 1 aliphatic carbocycles. The van der Waals surface area contributed by atoms with Gasteiger partial charge in [0.1, 0.15) is 0 Å². The predicted octanol–water partition coefficient (Wildman–Crippen LogP) is 2.99. The zero-order chi connectivity index (χ0) is 13.5. The van der Waals surface area contributed by atoms with E-state index in [4.69, 9.17) is 11.6 Å². The Bertz CT molecular complexity index is 425. The molecule has 0 bridgehead atoms. The standard InChI is InChI=1S/C15H22ClN3/c1-17-15(19-14-7-2-3-8-14)18-10-9-12-5-4-6-13(16)11-12/h4-6,11,14H,2-3,7-10H2,1H3,(H2,17,18,19). The van der Waals surface area contributed by atoms with Gasteiger partial charge in [0.05, 0.1) is 0 Å². The van der Waals surface area contributed by atoms with Crippen LogP contribution in [0.15, 0.2) is 29.3 Å². The molecule has 0 atom stereocenters. The van der Waals surface area contributed by atoms with Crippen LogP contribution in [0.4, 0.5) is 0 Å². The summed E-state index contributed by atoms with van der Waals surface area (Å²) >= 11 is 5.97. The maximum atomic E-state index is 5.97. The van der Waals surface area contributed by atoms with E-state index < -0.39 is 0 Å². The van der Waals surface area contributed by atoms with E-state index in [0.717, 1.165) is 23.9 Å². The van der Waals surface area contributed by atoms with Crippen LogP contribution in [0.1, 0.15) is 31.2 Å². The van der Waals surface area contributed by atoms with Crippen molar-refractivity contribution < 1.29 is 0 Å². The number of rotatable bonds is 4. The van der Waals surface area contributed by atoms with Gasteiger partial charge in [0.2, 0.25) is 0 Å². The van der Waals surface area contributed by atoms with Crippen molar-refractivity contribution in [3.05, 3.63) is 34.9 Å². The number of guanidine groups is 1. The molecule has 2 rings (SSSR count). The van der Waals surface area contributed by atoms with Crippen molar-refractivity contribution in [3.8, 4) is 0 Å². The summed E-state index contributed by atoms with van der Waals surface area (Å²) < 4.78 is 0. The molecule has 0 aliphatic heterocycles. The largest absolute Gasteiger partial charge is 0.356 e. The Morgan fingerprint density at radius 1 is 1.37 bits per heavy atom. The number of benzene rings is 1. The van der Waals surface area contributed by atoms with E-state index in [1.165, 1.54) is 31.2 Å². The first kappa shape index (κ1) is 14.2. The monoisotopic (exact) mass is 279 g/mol. The van der Waals surface area contributed by atoms with Crippen LogP contribution >= 0.6 is 11.6 Å². The fourth-order valence-corrected chi connectivity index (χ4v) is 2.69. The summed E-state index contributed by atoms with van der Waals surface area (Å²) in [5.41, 5.74) is 1.25. The third-order valence-corrected chi connectivity index (χ3v) is 3.75. The maximum absolute atomic E-state index is 5.97. The Hall–Kier alpha value is -1.22. The minimum atomic E-state index is 0.595. The summed E-state index contributed by atoms with van der Waals surface area (Å²) in [5.74, 6) is 0.911. The molecule has 19 heavy (non-hydrogen) atoms. The molecule has 1 fully saturated rings. The summed E-state index contributed by atoms with van der Waals surface area (Å²) in [6.45, 7) is 0.868. The molecule has 3 nitrogen and oxygen atoms in total. The molecule has 1 aliphatic rings. The van der Waals surface area contributed by atoms with Crippen LogP contribution in [0.5, 0.6) is 0 Å². The van der Waals surface area contributed by atoms with E-state index in [-0.39, 0.29) is 0 Å². The Morgan fingerprint density at radius 3 is 2.84 bits per heavy atom. The molecule has 0 unspecified atom stereocenters. The van der Waals surface area contributed by atoms with Gasteiger partial charge in [0.15, 0.2) is 5.96 Å². The second-order valence-electron chi connectivity index (χ2n) is 5.00. The first-order valence-corrected chi connectivity index (χ1v) is 7.37. The van der Waals surface area contributed by atoms with E-state index in [1.54, 1.807) is 0 Å². The number of nitrogens with one attached hydrogen (secondary N) is 2. The highest BCUT2D eigenvalue weighted by molar-refractivity contribution is 6.30. The van der Waals surface area contributed by atoms with Crippen molar-refractivity contribution in [2.75, 3.05) is 13.6 Å². The molecule has 0 spiro atoms. The normalized spacial score (nSPS) is 16.6. The minimum Gasteiger partial charge on any atom is -0.356 e. The van der Waals surface area contributed by atoms with Crippen LogP contribution in [-0.2, 0) is 6.42 Å². The zero-order valence-electron chi connectivity index (χ0n) is 11.5. The smallest absolute Gasteiger partial charge is 0.191 e. The van der Waals surface area contributed by atoms with Gasteiger partial charge in [-0.2, -0.15) is 0 Å². The molecule has 0 saturated heterocycles. The van der Waals surface area contributed by atoms with Gasteiger partial charge in [-0.05, 0) is 37.0 Å². The van der Waals surface area contributed by atoms with E-state index in [1.807, 2.05) is 25.2 Å². The first-order valence-electron chi connectivity index (χ1n) is 6.99. The molecule has 2 N–H and O–H groups in total. The molecule has 4 heteroatoms. The average molecular weight is 280 g/mol. The molecule has 1 aromatic carbocycles. The van der Waals surface area contributed by atoms with Crippen LogP contribution in [0.25, 0.3) is 0 Å². The van der Waals surface area contributed by atoms with Gasteiger partial charge in [0, 0.05) is 24.7 Å². The highest BCUT2D eigenvalue weighted by atomic mass is 35.5. The molecular weight excluding hydrogens is 258 g/mol. The highest BCUT2D eigenvalue weighted by Gasteiger charge is 2.15. The van der Waals surface area contributed by atoms with Gasteiger partial charge >= 0.3 is 0 Å². The summed E-state index contributed by atoms with van der Waals surface area (Å²) in [6, 6.07) is 8.59. The van der Waals surface area contributed by atoms with Gasteiger partial charge in [-0.25, -0.2) is 0 Å². The molecule has 1 aromatic rings. The van der Waals surface area contributed by atoms with Gasteiger partial charge in [0.25, 0.3) is 0 Å². The fourth-order valence-electron chi connectivity index (χ4n) is 2.48. The molecule has 0 heterocycles. The second-order valence-corrected chi connectivity index (χ2v) is 5.44. The third kappa shape index (κ3) is 4.75. The summed E-state index contributed by atoms with van der Waals surface area (Å²) in [6.07, 6.45) is 6.13. The van der Waals surface area contributed by atoms with Gasteiger partial charge in [-0.3, -0.25) is 4.99 Å². The van der Waals surface area contributed by atoms with Crippen LogP contribution < -0.4 is 10.6 Å². The van der Waals surface area contributed by atoms with E-state index >= 15 is 0 Å². The number of hydrogen-bond donors (Lipinski definition) is 2. The van der Waals surface area contributed by atoms with Crippen molar-refractivity contribution >= 4 is 17.6 Å². The molecule has 104 valence electrons. The quantitative estimate of drug-likeness (QED) is 0.657. The molecule has 1 saturated carbocycles. The summed E-state index contributed by atoms with van der Waals surface area (Å²) in [5, 5.41) is 7.63. The predicted molar refractivity (Wildman–Crippen MR) is 81.9 cm³/mol. The number of halogens is 1. The topological polar surface area (TPSA) is 36.4 Å². The average Bonchev–Trinajstić information content (AvgIpc) is 2.90. The Kier molecular flexibility index (Phi) is 5.52. The van der Waals surface area contributed by atoms with Gasteiger partial charge < -0.3 is 10.6 Å². The van der Waals surface area contributed by atoms with Crippen molar-refractivity contribution in [1.82, 2.24) is 10.6 Å². The van der Waals surface area contributed by atoms with E-state index in [0.29, 0.717) is 6.04 Å². The minimum absolute atomic E-state index is 0.595. The van der Waals surface area contributed by atoms with Crippen LogP contribution in [0.3, 0.4) is 0 Å². The molecule has 0 aromatic heterocycles. The SMILES string of the molecule is CN=C(NCCc1cccc(Cl)c1)NC1CCCC1. The molecular formula is C15H22ClN3. The lowest BCUT2D eigenvalue weighted by molar-refractivity contribution is 0.613. The Morgan fingerprint density at radius 2 is 2.16 bits per heavy atom. The van der Waals surface area contributed by atoms with Crippen LogP contribution in [0.2, 0.25) is 5.02 Å². The van der Waals surface area contributed by atoms with Crippen molar-refractivity contribution in [2.45, 2.75) is 38.1 Å². The lowest BCUT2D eigenvalue weighted by Gasteiger charge is -2.16. The fraction of sp³-hybridized carbons (Fsp3) is 0.533. The number of aliphatic imine (C=N–C) groups is 1. The third-order valence-electron chi connectivity index (χ3n) is 3.51. The first-order chi connectivity index (χ1) is 9.28. The molecule has 0 radical (unpaired) electrons. The lowest BCUT2D eigenvalue weighted by Crippen LogP contribution is -2.42. The van der Waals surface area contributed by atoms with Crippen molar-refractivity contribution in [3.63, 3.8) is 0 Å². The number of hydrogen-bond acceptors (Lipinski definition) is 1. The highest BCUT2D eigenvalue weighted by Crippen LogP contribution is 2.17. The van der Waals surface area contributed by atoms with E-state index in [2.05, 4.69) is 21.7 Å². The van der Waals surface area contributed by atoms with Crippen LogP contribution in [0, 0.1) is 0 Å². The zero-order valence-corrected chi connectivity index (χ0v) is 12.2. The maximum Gasteiger partial charge on any atom is 0.191 e.